The maximum atomic E-state index is 13.6. The smallest absolute Gasteiger partial charge is 0.181 e. The van der Waals surface area contributed by atoms with E-state index in [1.807, 2.05) is 0 Å². The Balaban J connectivity index is 2.03. The molecular weight excluding hydrogens is 232 g/mol. The number of hydrogen-bond acceptors (Lipinski definition) is 1. The number of hydrogen-bond donors (Lipinski definition) is 1. The van der Waals surface area contributed by atoms with Crippen molar-refractivity contribution in [3.05, 3.63) is 29.8 Å². The van der Waals surface area contributed by atoms with Crippen molar-refractivity contribution in [1.29, 1.82) is 0 Å². The lowest BCUT2D eigenvalue weighted by Gasteiger charge is -2.32. The van der Waals surface area contributed by atoms with Crippen molar-refractivity contribution in [2.45, 2.75) is 45.6 Å². The molecule has 1 nitrogen and oxygen atoms in total. The normalized spacial score (nSPS) is 24.3. The molecule has 100 valence electrons. The Hall–Kier alpha value is -1.12. The Morgan fingerprint density at radius 2 is 2.00 bits per heavy atom. The molecule has 1 aromatic carbocycles. The van der Waals surface area contributed by atoms with Gasteiger partial charge in [0.1, 0.15) is 0 Å². The van der Waals surface area contributed by atoms with Crippen molar-refractivity contribution in [2.24, 2.45) is 11.8 Å². The molecule has 18 heavy (non-hydrogen) atoms. The fraction of sp³-hybridized carbons (Fsp3) is 0.600. The zero-order chi connectivity index (χ0) is 13.1. The number of halogens is 2. The quantitative estimate of drug-likeness (QED) is 0.830. The highest BCUT2D eigenvalue weighted by molar-refractivity contribution is 5.45. The second-order valence-corrected chi connectivity index (χ2v) is 5.61. The molecule has 2 rings (SSSR count). The fourth-order valence-electron chi connectivity index (χ4n) is 2.80. The number of benzene rings is 1. The van der Waals surface area contributed by atoms with E-state index in [1.54, 1.807) is 12.1 Å². The van der Waals surface area contributed by atoms with Crippen molar-refractivity contribution < 1.29 is 8.78 Å². The summed E-state index contributed by atoms with van der Waals surface area (Å²) in [6, 6.07) is 4.57. The van der Waals surface area contributed by atoms with Crippen molar-refractivity contribution in [3.8, 4) is 0 Å². The Labute approximate surface area is 108 Å². The Kier molecular flexibility index (Phi) is 4.20. The van der Waals surface area contributed by atoms with Crippen LogP contribution in [0.4, 0.5) is 14.5 Å². The number of anilines is 1. The van der Waals surface area contributed by atoms with E-state index in [9.17, 15) is 8.78 Å². The monoisotopic (exact) mass is 253 g/mol. The molecule has 1 aliphatic rings. The van der Waals surface area contributed by atoms with E-state index in [1.165, 1.54) is 6.42 Å². The van der Waals surface area contributed by atoms with Crippen LogP contribution >= 0.6 is 0 Å². The first-order chi connectivity index (χ1) is 8.58. The molecule has 0 saturated heterocycles. The summed E-state index contributed by atoms with van der Waals surface area (Å²) in [6.07, 6.45) is 4.51. The average Bonchev–Trinajstić information content (AvgIpc) is 2.35. The molecule has 1 saturated carbocycles. The zero-order valence-corrected chi connectivity index (χ0v) is 11.0. The van der Waals surface area contributed by atoms with Crippen LogP contribution in [-0.2, 0) is 0 Å². The lowest BCUT2D eigenvalue weighted by atomic mass is 9.79. The van der Waals surface area contributed by atoms with Gasteiger partial charge in [-0.05, 0) is 36.8 Å². The van der Waals surface area contributed by atoms with Crippen LogP contribution in [0.3, 0.4) is 0 Å². The third-order valence-corrected chi connectivity index (χ3v) is 3.97. The van der Waals surface area contributed by atoms with E-state index < -0.39 is 11.6 Å². The molecule has 0 radical (unpaired) electrons. The Morgan fingerprint density at radius 3 is 2.72 bits per heavy atom. The molecule has 1 N–H and O–H groups in total. The van der Waals surface area contributed by atoms with Gasteiger partial charge in [0.2, 0.25) is 0 Å². The van der Waals surface area contributed by atoms with Crippen LogP contribution < -0.4 is 5.32 Å². The van der Waals surface area contributed by atoms with Gasteiger partial charge in [-0.2, -0.15) is 0 Å². The van der Waals surface area contributed by atoms with Gasteiger partial charge in [0.25, 0.3) is 0 Å². The lowest BCUT2D eigenvalue weighted by Crippen LogP contribution is -2.29. The van der Waals surface area contributed by atoms with Gasteiger partial charge in [-0.1, -0.05) is 32.8 Å². The first kappa shape index (κ1) is 13.3. The topological polar surface area (TPSA) is 12.0 Å². The van der Waals surface area contributed by atoms with Gasteiger partial charge < -0.3 is 5.32 Å². The minimum absolute atomic E-state index is 0.266. The van der Waals surface area contributed by atoms with Gasteiger partial charge in [0.05, 0.1) is 5.69 Å². The molecule has 0 spiro atoms. The van der Waals surface area contributed by atoms with E-state index in [0.717, 1.165) is 25.3 Å². The molecule has 1 aliphatic carbocycles. The summed E-state index contributed by atoms with van der Waals surface area (Å²) in [4.78, 5) is 0. The molecule has 3 heteroatoms. The first-order valence-corrected chi connectivity index (χ1v) is 6.78. The molecule has 0 aromatic heterocycles. The van der Waals surface area contributed by atoms with Crippen molar-refractivity contribution in [3.63, 3.8) is 0 Å². The van der Waals surface area contributed by atoms with Crippen molar-refractivity contribution in [1.82, 2.24) is 0 Å². The summed E-state index contributed by atoms with van der Waals surface area (Å²) in [6.45, 7) is 4.46. The first-order valence-electron chi connectivity index (χ1n) is 6.78. The molecule has 0 bridgehead atoms. The maximum absolute atomic E-state index is 13.6. The van der Waals surface area contributed by atoms with Gasteiger partial charge in [-0.3, -0.25) is 0 Å². The molecule has 0 heterocycles. The summed E-state index contributed by atoms with van der Waals surface area (Å²) in [5.74, 6) is -0.194. The third-order valence-electron chi connectivity index (χ3n) is 3.97. The van der Waals surface area contributed by atoms with Crippen LogP contribution in [0.2, 0.25) is 0 Å². The van der Waals surface area contributed by atoms with Crippen LogP contribution in [0.5, 0.6) is 0 Å². The number of nitrogens with one attached hydrogen (secondary N) is 1. The summed E-state index contributed by atoms with van der Waals surface area (Å²) in [5.41, 5.74) is 0.296. The molecule has 2 unspecified atom stereocenters. The van der Waals surface area contributed by atoms with E-state index in [4.69, 9.17) is 0 Å². The lowest BCUT2D eigenvalue weighted by molar-refractivity contribution is 0.264. The highest BCUT2D eigenvalue weighted by Crippen LogP contribution is 2.32. The SMILES string of the molecule is CC(C)C1CCCC(Nc2cccc(F)c2F)C1. The Morgan fingerprint density at radius 1 is 1.22 bits per heavy atom. The fourth-order valence-corrected chi connectivity index (χ4v) is 2.80. The summed E-state index contributed by atoms with van der Waals surface area (Å²) in [7, 11) is 0. The average molecular weight is 253 g/mol. The van der Waals surface area contributed by atoms with Crippen molar-refractivity contribution in [2.75, 3.05) is 5.32 Å². The van der Waals surface area contributed by atoms with Gasteiger partial charge in [0, 0.05) is 6.04 Å². The van der Waals surface area contributed by atoms with E-state index in [-0.39, 0.29) is 6.04 Å². The van der Waals surface area contributed by atoms with E-state index in [0.29, 0.717) is 17.5 Å². The second kappa shape index (κ2) is 5.68. The molecular formula is C15H21F2N. The molecule has 1 aromatic rings. The predicted molar refractivity (Wildman–Crippen MR) is 70.6 cm³/mol. The van der Waals surface area contributed by atoms with Crippen LogP contribution in [0.25, 0.3) is 0 Å². The predicted octanol–water partition coefficient (Wildman–Crippen LogP) is 4.59. The number of rotatable bonds is 3. The molecule has 1 fully saturated rings. The second-order valence-electron chi connectivity index (χ2n) is 5.61. The molecule has 0 amide bonds. The summed E-state index contributed by atoms with van der Waals surface area (Å²) in [5, 5.41) is 3.16. The summed E-state index contributed by atoms with van der Waals surface area (Å²) < 4.78 is 26.7. The standard InChI is InChI=1S/C15H21F2N/c1-10(2)11-5-3-6-12(9-11)18-14-8-4-7-13(16)15(14)17/h4,7-8,10-12,18H,3,5-6,9H2,1-2H3. The Bertz CT molecular complexity index is 403. The van der Waals surface area contributed by atoms with E-state index in [2.05, 4.69) is 19.2 Å². The highest BCUT2D eigenvalue weighted by Gasteiger charge is 2.24. The minimum atomic E-state index is -0.781. The minimum Gasteiger partial charge on any atom is -0.380 e. The van der Waals surface area contributed by atoms with Crippen LogP contribution in [0, 0.1) is 23.5 Å². The van der Waals surface area contributed by atoms with Crippen molar-refractivity contribution >= 4 is 5.69 Å². The molecule has 2 atom stereocenters. The highest BCUT2D eigenvalue weighted by atomic mass is 19.2. The van der Waals surface area contributed by atoms with Gasteiger partial charge >= 0.3 is 0 Å². The van der Waals surface area contributed by atoms with Crippen LogP contribution in [-0.4, -0.2) is 6.04 Å². The largest absolute Gasteiger partial charge is 0.380 e. The van der Waals surface area contributed by atoms with E-state index >= 15 is 0 Å². The third kappa shape index (κ3) is 3.01. The van der Waals surface area contributed by atoms with Crippen LogP contribution in [0.15, 0.2) is 18.2 Å². The van der Waals surface area contributed by atoms with Crippen LogP contribution in [0.1, 0.15) is 39.5 Å². The van der Waals surface area contributed by atoms with Gasteiger partial charge in [-0.25, -0.2) is 8.78 Å². The molecule has 0 aliphatic heterocycles. The van der Waals surface area contributed by atoms with Gasteiger partial charge in [-0.15, -0.1) is 0 Å². The summed E-state index contributed by atoms with van der Waals surface area (Å²) >= 11 is 0. The zero-order valence-electron chi connectivity index (χ0n) is 11.0. The maximum Gasteiger partial charge on any atom is 0.181 e. The van der Waals surface area contributed by atoms with Gasteiger partial charge in [0.15, 0.2) is 11.6 Å².